The normalized spacial score (nSPS) is 11.9. The van der Waals surface area contributed by atoms with Crippen molar-refractivity contribution in [1.82, 2.24) is 5.32 Å². The molecular formula is C15H18N2O2. The first-order valence-electron chi connectivity index (χ1n) is 6.28. The lowest BCUT2D eigenvalue weighted by molar-refractivity contribution is -0.119. The van der Waals surface area contributed by atoms with Crippen molar-refractivity contribution in [2.24, 2.45) is 0 Å². The molecule has 0 aliphatic heterocycles. The van der Waals surface area contributed by atoms with E-state index in [2.05, 4.69) is 10.6 Å². The Kier molecular flexibility index (Phi) is 4.23. The summed E-state index contributed by atoms with van der Waals surface area (Å²) in [7, 11) is 1.64. The summed E-state index contributed by atoms with van der Waals surface area (Å²) in [4.78, 5) is 11.3. The van der Waals surface area contributed by atoms with Crippen LogP contribution in [0.15, 0.2) is 47.1 Å². The summed E-state index contributed by atoms with van der Waals surface area (Å²) in [6, 6.07) is 11.8. The van der Waals surface area contributed by atoms with Gasteiger partial charge in [-0.25, -0.2) is 0 Å². The second kappa shape index (κ2) is 6.09. The number of hydrogen-bond acceptors (Lipinski definition) is 3. The lowest BCUT2D eigenvalue weighted by atomic mass is 10.1. The topological polar surface area (TPSA) is 54.3 Å². The van der Waals surface area contributed by atoms with Gasteiger partial charge in [0.15, 0.2) is 0 Å². The molecule has 1 aromatic carbocycles. The molecule has 0 fully saturated rings. The van der Waals surface area contributed by atoms with Crippen LogP contribution in [-0.4, -0.2) is 13.0 Å². The van der Waals surface area contributed by atoms with Crippen LogP contribution in [-0.2, 0) is 11.2 Å². The van der Waals surface area contributed by atoms with Gasteiger partial charge in [-0.05, 0) is 36.8 Å². The third-order valence-corrected chi connectivity index (χ3v) is 2.95. The second-order valence-electron chi connectivity index (χ2n) is 4.43. The van der Waals surface area contributed by atoms with E-state index in [0.29, 0.717) is 6.42 Å². The molecular weight excluding hydrogens is 240 g/mol. The monoisotopic (exact) mass is 258 g/mol. The fourth-order valence-corrected chi connectivity index (χ4v) is 1.85. The van der Waals surface area contributed by atoms with Crippen LogP contribution in [0.5, 0.6) is 0 Å². The highest BCUT2D eigenvalue weighted by Crippen LogP contribution is 2.19. The van der Waals surface area contributed by atoms with Gasteiger partial charge in [-0.3, -0.25) is 4.79 Å². The van der Waals surface area contributed by atoms with E-state index in [1.54, 1.807) is 13.3 Å². The zero-order valence-corrected chi connectivity index (χ0v) is 11.1. The summed E-state index contributed by atoms with van der Waals surface area (Å²) >= 11 is 0. The Morgan fingerprint density at radius 1 is 1.26 bits per heavy atom. The standard InChI is InChI=1S/C15H18N2O2/c1-11(14-4-3-9-19-14)17-13-7-5-12(6-8-13)10-15(18)16-2/h3-9,11,17H,10H2,1-2H3,(H,16,18). The molecule has 19 heavy (non-hydrogen) atoms. The second-order valence-corrected chi connectivity index (χ2v) is 4.43. The summed E-state index contributed by atoms with van der Waals surface area (Å²) in [6.07, 6.45) is 2.07. The zero-order valence-electron chi connectivity index (χ0n) is 11.1. The highest BCUT2D eigenvalue weighted by molar-refractivity contribution is 5.78. The van der Waals surface area contributed by atoms with Gasteiger partial charge in [0.25, 0.3) is 0 Å². The van der Waals surface area contributed by atoms with Crippen LogP contribution < -0.4 is 10.6 Å². The fraction of sp³-hybridized carbons (Fsp3) is 0.267. The maximum absolute atomic E-state index is 11.3. The molecule has 1 amide bonds. The van der Waals surface area contributed by atoms with E-state index in [1.165, 1.54) is 0 Å². The maximum Gasteiger partial charge on any atom is 0.224 e. The smallest absolute Gasteiger partial charge is 0.224 e. The van der Waals surface area contributed by atoms with Crippen LogP contribution in [0, 0.1) is 0 Å². The van der Waals surface area contributed by atoms with E-state index in [1.807, 2.05) is 43.3 Å². The van der Waals surface area contributed by atoms with Crippen molar-refractivity contribution in [2.45, 2.75) is 19.4 Å². The van der Waals surface area contributed by atoms with Crippen LogP contribution in [0.4, 0.5) is 5.69 Å². The summed E-state index contributed by atoms with van der Waals surface area (Å²) in [5.41, 5.74) is 2.00. The average Bonchev–Trinajstić information content (AvgIpc) is 2.95. The Morgan fingerprint density at radius 2 is 2.00 bits per heavy atom. The summed E-state index contributed by atoms with van der Waals surface area (Å²) in [5.74, 6) is 0.916. The number of nitrogens with one attached hydrogen (secondary N) is 2. The maximum atomic E-state index is 11.3. The molecule has 2 N–H and O–H groups in total. The first-order chi connectivity index (χ1) is 9.19. The molecule has 1 atom stereocenters. The lowest BCUT2D eigenvalue weighted by Crippen LogP contribution is -2.19. The molecule has 0 saturated carbocycles. The van der Waals surface area contributed by atoms with Gasteiger partial charge < -0.3 is 15.1 Å². The van der Waals surface area contributed by atoms with E-state index < -0.39 is 0 Å². The Bertz CT molecular complexity index is 518. The van der Waals surface area contributed by atoms with Crippen LogP contribution in [0.3, 0.4) is 0 Å². The number of amides is 1. The van der Waals surface area contributed by atoms with Crippen molar-refractivity contribution in [2.75, 3.05) is 12.4 Å². The van der Waals surface area contributed by atoms with Gasteiger partial charge in [0.1, 0.15) is 5.76 Å². The van der Waals surface area contributed by atoms with Crippen molar-refractivity contribution < 1.29 is 9.21 Å². The molecule has 1 unspecified atom stereocenters. The molecule has 4 nitrogen and oxygen atoms in total. The fourth-order valence-electron chi connectivity index (χ4n) is 1.85. The largest absolute Gasteiger partial charge is 0.467 e. The number of furan rings is 1. The van der Waals surface area contributed by atoms with Gasteiger partial charge >= 0.3 is 0 Å². The van der Waals surface area contributed by atoms with Crippen molar-refractivity contribution >= 4 is 11.6 Å². The molecule has 1 aromatic heterocycles. The van der Waals surface area contributed by atoms with Crippen molar-refractivity contribution in [1.29, 1.82) is 0 Å². The van der Waals surface area contributed by atoms with Gasteiger partial charge in [0.2, 0.25) is 5.91 Å². The summed E-state index contributed by atoms with van der Waals surface area (Å²) in [6.45, 7) is 2.04. The number of benzene rings is 1. The molecule has 0 aliphatic rings. The van der Waals surface area contributed by atoms with Gasteiger partial charge in [-0.1, -0.05) is 12.1 Å². The molecule has 4 heteroatoms. The molecule has 0 bridgehead atoms. The molecule has 0 aliphatic carbocycles. The molecule has 2 aromatic rings. The third kappa shape index (κ3) is 3.61. The van der Waals surface area contributed by atoms with Crippen molar-refractivity contribution in [3.63, 3.8) is 0 Å². The minimum Gasteiger partial charge on any atom is -0.467 e. The van der Waals surface area contributed by atoms with E-state index >= 15 is 0 Å². The molecule has 0 saturated heterocycles. The Hall–Kier alpha value is -2.23. The molecule has 0 radical (unpaired) electrons. The van der Waals surface area contributed by atoms with E-state index in [0.717, 1.165) is 17.0 Å². The van der Waals surface area contributed by atoms with Gasteiger partial charge in [-0.2, -0.15) is 0 Å². The average molecular weight is 258 g/mol. The SMILES string of the molecule is CNC(=O)Cc1ccc(NC(C)c2ccco2)cc1. The van der Waals surface area contributed by atoms with Crippen LogP contribution in [0.25, 0.3) is 0 Å². The molecule has 2 rings (SSSR count). The van der Waals surface area contributed by atoms with Gasteiger partial charge in [-0.15, -0.1) is 0 Å². The van der Waals surface area contributed by atoms with Crippen molar-refractivity contribution in [3.8, 4) is 0 Å². The first kappa shape index (κ1) is 13.2. The molecule has 0 spiro atoms. The summed E-state index contributed by atoms with van der Waals surface area (Å²) < 4.78 is 5.34. The number of carbonyl (C=O) groups is 1. The number of carbonyl (C=O) groups excluding carboxylic acids is 1. The predicted molar refractivity (Wildman–Crippen MR) is 75.0 cm³/mol. The van der Waals surface area contributed by atoms with Crippen LogP contribution in [0.2, 0.25) is 0 Å². The zero-order chi connectivity index (χ0) is 13.7. The molecule has 100 valence electrons. The highest BCUT2D eigenvalue weighted by atomic mass is 16.3. The quantitative estimate of drug-likeness (QED) is 0.867. The molecule has 1 heterocycles. The summed E-state index contributed by atoms with van der Waals surface area (Å²) in [5, 5.41) is 5.96. The number of rotatable bonds is 5. The third-order valence-electron chi connectivity index (χ3n) is 2.95. The van der Waals surface area contributed by atoms with E-state index in [4.69, 9.17) is 4.42 Å². The lowest BCUT2D eigenvalue weighted by Gasteiger charge is -2.13. The number of anilines is 1. The van der Waals surface area contributed by atoms with E-state index in [-0.39, 0.29) is 11.9 Å². The van der Waals surface area contributed by atoms with Gasteiger partial charge in [0.05, 0.1) is 18.7 Å². The Balaban J connectivity index is 1.97. The predicted octanol–water partition coefficient (Wildman–Crippen LogP) is 2.74. The highest BCUT2D eigenvalue weighted by Gasteiger charge is 2.07. The van der Waals surface area contributed by atoms with E-state index in [9.17, 15) is 4.79 Å². The minimum absolute atomic E-state index is 0.0182. The van der Waals surface area contributed by atoms with Crippen molar-refractivity contribution in [3.05, 3.63) is 54.0 Å². The Labute approximate surface area is 112 Å². The van der Waals surface area contributed by atoms with Crippen LogP contribution in [0.1, 0.15) is 24.3 Å². The van der Waals surface area contributed by atoms with Crippen LogP contribution >= 0.6 is 0 Å². The minimum atomic E-state index is 0.0182. The first-order valence-corrected chi connectivity index (χ1v) is 6.28. The number of hydrogen-bond donors (Lipinski definition) is 2. The van der Waals surface area contributed by atoms with Gasteiger partial charge in [0, 0.05) is 12.7 Å². The number of likely N-dealkylation sites (N-methyl/N-ethyl adjacent to an activating group) is 1. The Morgan fingerprint density at radius 3 is 2.58 bits per heavy atom.